The molecule has 0 bridgehead atoms. The maximum Gasteiger partial charge on any atom is 0.226 e. The van der Waals surface area contributed by atoms with E-state index in [1.807, 2.05) is 11.6 Å². The minimum absolute atomic E-state index is 0. The number of imidazole rings is 1. The molecule has 4 rings (SSSR count). The van der Waals surface area contributed by atoms with E-state index < -0.39 is 0 Å². The quantitative estimate of drug-likeness (QED) is 0.702. The lowest BCUT2D eigenvalue weighted by molar-refractivity contribution is -0.121. The number of benzene rings is 1. The molecule has 2 heterocycles. The van der Waals surface area contributed by atoms with Gasteiger partial charge in [0.2, 0.25) is 5.91 Å². The molecule has 1 aromatic carbocycles. The van der Waals surface area contributed by atoms with Gasteiger partial charge in [-0.15, -0.1) is 23.7 Å². The second-order valence-corrected chi connectivity index (χ2v) is 7.87. The lowest BCUT2D eigenvalue weighted by atomic mass is 10.0. The SMILES string of the molecule is Cc1ccc(-c2cn3c(CC(=O)NC4CCCC4)csc3n2)cc1C.Cl. The number of hydrogen-bond donors (Lipinski definition) is 1. The predicted molar refractivity (Wildman–Crippen MR) is 109 cm³/mol. The third kappa shape index (κ3) is 3.79. The van der Waals surface area contributed by atoms with Gasteiger partial charge in [0.25, 0.3) is 0 Å². The molecular formula is C20H24ClN3OS. The summed E-state index contributed by atoms with van der Waals surface area (Å²) < 4.78 is 2.06. The van der Waals surface area contributed by atoms with E-state index in [0.717, 1.165) is 34.8 Å². The molecule has 1 aliphatic rings. The van der Waals surface area contributed by atoms with E-state index in [-0.39, 0.29) is 18.3 Å². The van der Waals surface area contributed by atoms with Gasteiger partial charge in [-0.2, -0.15) is 0 Å². The van der Waals surface area contributed by atoms with Gasteiger partial charge in [-0.25, -0.2) is 4.98 Å². The smallest absolute Gasteiger partial charge is 0.226 e. The van der Waals surface area contributed by atoms with Gasteiger partial charge in [0.1, 0.15) is 0 Å². The lowest BCUT2D eigenvalue weighted by Crippen LogP contribution is -2.33. The van der Waals surface area contributed by atoms with Crippen molar-refractivity contribution in [3.05, 3.63) is 46.6 Å². The average Bonchev–Trinajstić information content (AvgIpc) is 3.29. The maximum atomic E-state index is 12.3. The highest BCUT2D eigenvalue weighted by Gasteiger charge is 2.18. The molecule has 138 valence electrons. The fraction of sp³-hybridized carbons (Fsp3) is 0.400. The maximum absolute atomic E-state index is 12.3. The monoisotopic (exact) mass is 389 g/mol. The van der Waals surface area contributed by atoms with E-state index in [0.29, 0.717) is 12.5 Å². The molecule has 1 N–H and O–H groups in total. The van der Waals surface area contributed by atoms with Crippen LogP contribution in [0, 0.1) is 13.8 Å². The number of fused-ring (bicyclic) bond motifs is 1. The Bertz CT molecular complexity index is 924. The molecule has 1 aliphatic carbocycles. The van der Waals surface area contributed by atoms with Gasteiger partial charge in [0, 0.05) is 28.9 Å². The molecular weight excluding hydrogens is 366 g/mol. The number of aryl methyl sites for hydroxylation is 2. The van der Waals surface area contributed by atoms with Gasteiger partial charge in [0.15, 0.2) is 4.96 Å². The van der Waals surface area contributed by atoms with Crippen LogP contribution in [0.15, 0.2) is 29.8 Å². The van der Waals surface area contributed by atoms with Crippen molar-refractivity contribution in [3.63, 3.8) is 0 Å². The Labute approximate surface area is 164 Å². The summed E-state index contributed by atoms with van der Waals surface area (Å²) in [7, 11) is 0. The Morgan fingerprint density at radius 1 is 1.27 bits per heavy atom. The summed E-state index contributed by atoms with van der Waals surface area (Å²) in [5.74, 6) is 0.119. The van der Waals surface area contributed by atoms with Crippen LogP contribution in [0.1, 0.15) is 42.5 Å². The van der Waals surface area contributed by atoms with Crippen LogP contribution in [0.4, 0.5) is 0 Å². The van der Waals surface area contributed by atoms with Crippen LogP contribution in [0.2, 0.25) is 0 Å². The second kappa shape index (κ2) is 7.80. The zero-order valence-electron chi connectivity index (χ0n) is 15.1. The molecule has 1 amide bonds. The predicted octanol–water partition coefficient (Wildman–Crippen LogP) is 4.70. The summed E-state index contributed by atoms with van der Waals surface area (Å²) in [6.45, 7) is 4.24. The summed E-state index contributed by atoms with van der Waals surface area (Å²) in [6, 6.07) is 6.79. The Balaban J connectivity index is 0.00000196. The molecule has 2 aromatic heterocycles. The van der Waals surface area contributed by atoms with Crippen LogP contribution in [-0.2, 0) is 11.2 Å². The van der Waals surface area contributed by atoms with Gasteiger partial charge in [-0.1, -0.05) is 25.0 Å². The standard InChI is InChI=1S/C20H23N3OS.ClH/c1-13-7-8-15(9-14(13)2)18-11-23-17(12-25-20(23)22-18)10-19(24)21-16-5-3-4-6-16;/h7-9,11-12,16H,3-6,10H2,1-2H3,(H,21,24);1H. The molecule has 4 nitrogen and oxygen atoms in total. The Morgan fingerprint density at radius 3 is 2.77 bits per heavy atom. The number of carbonyl (C=O) groups excluding carboxylic acids is 1. The van der Waals surface area contributed by atoms with Gasteiger partial charge in [0.05, 0.1) is 12.1 Å². The number of thiazole rings is 1. The third-order valence-corrected chi connectivity index (χ3v) is 6.04. The summed E-state index contributed by atoms with van der Waals surface area (Å²) in [5.41, 5.74) is 5.66. The van der Waals surface area contributed by atoms with Gasteiger partial charge in [-0.3, -0.25) is 9.20 Å². The van der Waals surface area contributed by atoms with E-state index >= 15 is 0 Å². The van der Waals surface area contributed by atoms with Crippen molar-refractivity contribution >= 4 is 34.6 Å². The minimum atomic E-state index is 0. The van der Waals surface area contributed by atoms with Crippen LogP contribution >= 0.6 is 23.7 Å². The summed E-state index contributed by atoms with van der Waals surface area (Å²) >= 11 is 1.59. The van der Waals surface area contributed by atoms with E-state index in [2.05, 4.69) is 41.8 Å². The van der Waals surface area contributed by atoms with Crippen molar-refractivity contribution in [2.75, 3.05) is 0 Å². The number of hydrogen-bond acceptors (Lipinski definition) is 3. The number of carbonyl (C=O) groups is 1. The molecule has 1 saturated carbocycles. The highest BCUT2D eigenvalue weighted by Crippen LogP contribution is 2.25. The Kier molecular flexibility index (Phi) is 5.68. The average molecular weight is 390 g/mol. The number of halogens is 1. The van der Waals surface area contributed by atoms with Gasteiger partial charge < -0.3 is 5.32 Å². The number of amides is 1. The highest BCUT2D eigenvalue weighted by molar-refractivity contribution is 7.15. The van der Waals surface area contributed by atoms with Crippen molar-refractivity contribution in [1.29, 1.82) is 0 Å². The number of nitrogens with zero attached hydrogens (tertiary/aromatic N) is 2. The molecule has 3 aromatic rings. The second-order valence-electron chi connectivity index (χ2n) is 7.03. The van der Waals surface area contributed by atoms with Crippen LogP contribution in [0.3, 0.4) is 0 Å². The Hall–Kier alpha value is -1.85. The number of rotatable bonds is 4. The normalized spacial score (nSPS) is 14.5. The van der Waals surface area contributed by atoms with Crippen molar-refractivity contribution in [1.82, 2.24) is 14.7 Å². The fourth-order valence-electron chi connectivity index (χ4n) is 3.51. The molecule has 0 aliphatic heterocycles. The first-order valence-electron chi connectivity index (χ1n) is 8.92. The van der Waals surface area contributed by atoms with Crippen molar-refractivity contribution in [2.45, 2.75) is 52.0 Å². The van der Waals surface area contributed by atoms with E-state index in [1.165, 1.54) is 24.0 Å². The van der Waals surface area contributed by atoms with Gasteiger partial charge in [-0.05, 0) is 43.9 Å². The molecule has 0 atom stereocenters. The topological polar surface area (TPSA) is 46.4 Å². The first kappa shape index (κ1) is 18.9. The van der Waals surface area contributed by atoms with E-state index in [4.69, 9.17) is 4.98 Å². The van der Waals surface area contributed by atoms with Crippen LogP contribution in [0.5, 0.6) is 0 Å². The molecule has 0 unspecified atom stereocenters. The zero-order chi connectivity index (χ0) is 17.4. The first-order valence-corrected chi connectivity index (χ1v) is 9.80. The lowest BCUT2D eigenvalue weighted by Gasteiger charge is -2.11. The van der Waals surface area contributed by atoms with E-state index in [1.54, 1.807) is 11.3 Å². The van der Waals surface area contributed by atoms with Crippen LogP contribution < -0.4 is 5.32 Å². The number of aromatic nitrogens is 2. The third-order valence-electron chi connectivity index (χ3n) is 5.15. The molecule has 26 heavy (non-hydrogen) atoms. The van der Waals surface area contributed by atoms with Gasteiger partial charge >= 0.3 is 0 Å². The zero-order valence-corrected chi connectivity index (χ0v) is 16.8. The minimum Gasteiger partial charge on any atom is -0.353 e. The summed E-state index contributed by atoms with van der Waals surface area (Å²) in [5, 5.41) is 5.21. The summed E-state index contributed by atoms with van der Waals surface area (Å²) in [4.78, 5) is 18.0. The van der Waals surface area contributed by atoms with Crippen molar-refractivity contribution in [2.24, 2.45) is 0 Å². The van der Waals surface area contributed by atoms with E-state index in [9.17, 15) is 4.79 Å². The molecule has 1 fully saturated rings. The van der Waals surface area contributed by atoms with Crippen molar-refractivity contribution in [3.8, 4) is 11.3 Å². The first-order chi connectivity index (χ1) is 12.1. The molecule has 0 spiro atoms. The van der Waals surface area contributed by atoms with Crippen LogP contribution in [0.25, 0.3) is 16.2 Å². The number of nitrogens with one attached hydrogen (secondary N) is 1. The fourth-order valence-corrected chi connectivity index (χ4v) is 4.38. The largest absolute Gasteiger partial charge is 0.353 e. The van der Waals surface area contributed by atoms with Crippen molar-refractivity contribution < 1.29 is 4.79 Å². The van der Waals surface area contributed by atoms with Crippen LogP contribution in [-0.4, -0.2) is 21.3 Å². The molecule has 6 heteroatoms. The Morgan fingerprint density at radius 2 is 2.04 bits per heavy atom. The highest BCUT2D eigenvalue weighted by atomic mass is 35.5. The molecule has 0 saturated heterocycles. The summed E-state index contributed by atoms with van der Waals surface area (Å²) in [6.07, 6.45) is 7.16. The molecule has 0 radical (unpaired) electrons.